The van der Waals surface area contributed by atoms with Crippen LogP contribution in [0.2, 0.25) is 0 Å². The van der Waals surface area contributed by atoms with Gasteiger partial charge in [0, 0.05) is 29.3 Å². The summed E-state index contributed by atoms with van der Waals surface area (Å²) in [5.41, 5.74) is 6.93. The van der Waals surface area contributed by atoms with Crippen molar-refractivity contribution in [3.05, 3.63) is 150 Å². The predicted octanol–water partition coefficient (Wildman–Crippen LogP) is 6.78. The number of aromatic nitrogens is 2. The van der Waals surface area contributed by atoms with Gasteiger partial charge in [-0.05, 0) is 78.2 Å². The van der Waals surface area contributed by atoms with Crippen LogP contribution in [-0.2, 0) is 55.9 Å². The molecule has 1 aromatic heterocycles. The molecule has 0 saturated carbocycles. The first-order chi connectivity index (χ1) is 27.3. The number of phosphoric acid groups is 2. The molecule has 2 N–H and O–H groups in total. The number of azide groups is 1. The molecule has 58 heavy (non-hydrogen) atoms. The van der Waals surface area contributed by atoms with Crippen LogP contribution in [0, 0.1) is 6.92 Å². The summed E-state index contributed by atoms with van der Waals surface area (Å²) in [6.07, 6.45) is -4.85. The molecule has 4 atom stereocenters. The number of hydrogen-bond donors (Lipinski definition) is 2. The lowest BCUT2D eigenvalue weighted by Crippen LogP contribution is -2.33. The Bertz CT molecular complexity index is 2450. The Morgan fingerprint density at radius 1 is 0.931 bits per heavy atom. The van der Waals surface area contributed by atoms with E-state index in [1.54, 1.807) is 0 Å². The lowest BCUT2D eigenvalue weighted by molar-refractivity contribution is -0.137. The molecule has 2 heterocycles. The predicted molar refractivity (Wildman–Crippen MR) is 192 cm³/mol. The highest BCUT2D eigenvalue weighted by atomic mass is 31.3. The summed E-state index contributed by atoms with van der Waals surface area (Å²) in [6.45, 7) is 0.613. The van der Waals surface area contributed by atoms with Crippen LogP contribution in [0.15, 0.2) is 105 Å². The van der Waals surface area contributed by atoms with Gasteiger partial charge in [0.1, 0.15) is 17.6 Å². The number of H-pyrrole nitrogens is 1. The minimum Gasteiger partial charge on any atom is -0.427 e. The summed E-state index contributed by atoms with van der Waals surface area (Å²) in [5, 5.41) is 3.46. The van der Waals surface area contributed by atoms with Gasteiger partial charge in [0.05, 0.1) is 30.9 Å². The standard InChI is InChI=1S/C34H30F3N5O14P2/c1-20-16-42(33(46)39-31(20)44)30-15-28(40-41-38)29(55-30)19-50-57(47,48)56-58(49,51-17-22-3-11-26(12-4-22)53-21(2)43)52-18-23-5-13-27(14-6-23)54-32(45)24-7-9-25(10-8-24)34(35,36)37/h3-16,29-30H,17-19H2,1-2H3,(H,47,48)(H,39,44,46)/t29?,30-,58?/m1/s1. The van der Waals surface area contributed by atoms with Gasteiger partial charge in [0.25, 0.3) is 5.56 Å². The monoisotopic (exact) mass is 851 g/mol. The summed E-state index contributed by atoms with van der Waals surface area (Å²) in [5.74, 6) is -1.38. The first-order valence-electron chi connectivity index (χ1n) is 16.4. The van der Waals surface area contributed by atoms with Gasteiger partial charge < -0.3 is 19.1 Å². The molecule has 1 aliphatic rings. The summed E-state index contributed by atoms with van der Waals surface area (Å²) in [4.78, 5) is 63.3. The van der Waals surface area contributed by atoms with Gasteiger partial charge in [-0.25, -0.2) is 18.7 Å². The lowest BCUT2D eigenvalue weighted by atomic mass is 10.1. The van der Waals surface area contributed by atoms with E-state index in [4.69, 9.17) is 37.6 Å². The van der Waals surface area contributed by atoms with Crippen molar-refractivity contribution in [3.8, 4) is 11.5 Å². The fraction of sp³-hybridized carbons (Fsp3) is 0.235. The molecule has 0 saturated heterocycles. The molecule has 3 aromatic carbocycles. The summed E-state index contributed by atoms with van der Waals surface area (Å²) in [7, 11) is -10.5. The molecule has 24 heteroatoms. The molecule has 0 spiro atoms. The van der Waals surface area contributed by atoms with E-state index in [0.29, 0.717) is 5.56 Å². The van der Waals surface area contributed by atoms with Gasteiger partial charge in [-0.1, -0.05) is 29.4 Å². The third kappa shape index (κ3) is 11.9. The lowest BCUT2D eigenvalue weighted by Gasteiger charge is -2.22. The highest BCUT2D eigenvalue weighted by Gasteiger charge is 2.40. The van der Waals surface area contributed by atoms with Gasteiger partial charge in [0.15, 0.2) is 6.23 Å². The van der Waals surface area contributed by atoms with Crippen molar-refractivity contribution in [2.45, 2.75) is 45.6 Å². The maximum absolute atomic E-state index is 13.9. The molecule has 0 aliphatic carbocycles. The second kappa shape index (κ2) is 18.3. The molecule has 1 aliphatic heterocycles. The number of carbonyl (C=O) groups excluding carboxylic acids is 2. The molecule has 0 bridgehead atoms. The minimum absolute atomic E-state index is 0.0270. The summed E-state index contributed by atoms with van der Waals surface area (Å²) in [6, 6.07) is 14.2. The minimum atomic E-state index is -5.41. The summed E-state index contributed by atoms with van der Waals surface area (Å²) >= 11 is 0. The third-order valence-corrected chi connectivity index (χ3v) is 10.7. The van der Waals surface area contributed by atoms with Crippen molar-refractivity contribution in [2.24, 2.45) is 5.11 Å². The van der Waals surface area contributed by atoms with Gasteiger partial charge in [0.2, 0.25) is 0 Å². The topological polar surface area (TPSA) is 257 Å². The Morgan fingerprint density at radius 3 is 2.03 bits per heavy atom. The van der Waals surface area contributed by atoms with Gasteiger partial charge in [-0.3, -0.25) is 32.7 Å². The van der Waals surface area contributed by atoms with Crippen LogP contribution in [0.4, 0.5) is 13.2 Å². The number of halogens is 3. The van der Waals surface area contributed by atoms with Crippen LogP contribution in [-0.4, -0.2) is 39.1 Å². The first kappa shape index (κ1) is 43.5. The van der Waals surface area contributed by atoms with Crippen molar-refractivity contribution >= 4 is 27.6 Å². The SMILES string of the molecule is CC(=O)Oc1ccc(COP(=O)(OCc2ccc(OC(=O)c3ccc(C(F)(F)F)cc3)cc2)OP(=O)(O)OCC2O[C@@H](n3cc(C)c(=O)[nH]c3=O)C=C2N=[N+]=[N-])cc1. The molecule has 306 valence electrons. The van der Waals surface area contributed by atoms with Crippen molar-refractivity contribution in [1.82, 2.24) is 9.55 Å². The quantitative estimate of drug-likeness (QED) is 0.0294. The maximum atomic E-state index is 13.9. The van der Waals surface area contributed by atoms with Crippen LogP contribution in [0.5, 0.6) is 11.5 Å². The van der Waals surface area contributed by atoms with Crippen LogP contribution >= 0.6 is 15.6 Å². The highest BCUT2D eigenvalue weighted by Crippen LogP contribution is 2.64. The number of nitrogens with one attached hydrogen (secondary N) is 1. The van der Waals surface area contributed by atoms with E-state index in [9.17, 15) is 46.4 Å². The highest BCUT2D eigenvalue weighted by molar-refractivity contribution is 7.61. The number of esters is 2. The Morgan fingerprint density at radius 2 is 1.50 bits per heavy atom. The van der Waals surface area contributed by atoms with Crippen LogP contribution in [0.25, 0.3) is 10.4 Å². The number of carbonyl (C=O) groups is 2. The molecule has 4 aromatic rings. The van der Waals surface area contributed by atoms with Crippen LogP contribution < -0.4 is 20.7 Å². The summed E-state index contributed by atoms with van der Waals surface area (Å²) < 4.78 is 103. The molecule has 19 nitrogen and oxygen atoms in total. The van der Waals surface area contributed by atoms with Crippen LogP contribution in [0.3, 0.4) is 0 Å². The Hall–Kier alpha value is -5.66. The van der Waals surface area contributed by atoms with E-state index in [1.807, 2.05) is 0 Å². The van der Waals surface area contributed by atoms with Gasteiger partial charge in [-0.2, -0.15) is 17.5 Å². The second-order valence-corrected chi connectivity index (χ2v) is 15.2. The van der Waals surface area contributed by atoms with Crippen LogP contribution in [0.1, 0.15) is 45.8 Å². The normalized spacial score (nSPS) is 17.3. The van der Waals surface area contributed by atoms with E-state index in [2.05, 4.69) is 15.0 Å². The number of rotatable bonds is 16. The van der Waals surface area contributed by atoms with Gasteiger partial charge in [-0.15, -0.1) is 0 Å². The smallest absolute Gasteiger partial charge is 0.427 e. The van der Waals surface area contributed by atoms with E-state index in [1.165, 1.54) is 74.7 Å². The van der Waals surface area contributed by atoms with E-state index < -0.39 is 82.7 Å². The molecule has 5 rings (SSSR count). The number of aryl methyl sites for hydroxylation is 1. The van der Waals surface area contributed by atoms with Crippen molar-refractivity contribution < 1.29 is 68.9 Å². The first-order valence-corrected chi connectivity index (χ1v) is 19.4. The van der Waals surface area contributed by atoms with E-state index in [-0.39, 0.29) is 33.9 Å². The fourth-order valence-corrected chi connectivity index (χ4v) is 7.45. The molecule has 0 radical (unpaired) electrons. The second-order valence-electron chi connectivity index (χ2n) is 12.0. The van der Waals surface area contributed by atoms with Gasteiger partial charge >= 0.3 is 39.5 Å². The number of phosphoric ester groups is 2. The van der Waals surface area contributed by atoms with E-state index in [0.717, 1.165) is 28.8 Å². The number of hydrogen-bond acceptors (Lipinski definition) is 14. The average molecular weight is 852 g/mol. The number of benzene rings is 3. The molecular weight excluding hydrogens is 821 g/mol. The number of ether oxygens (including phenoxy) is 3. The van der Waals surface area contributed by atoms with Crippen molar-refractivity contribution in [2.75, 3.05) is 6.61 Å². The van der Waals surface area contributed by atoms with Crippen molar-refractivity contribution in [3.63, 3.8) is 0 Å². The largest absolute Gasteiger partial charge is 0.484 e. The molecule has 3 unspecified atom stereocenters. The molecule has 0 amide bonds. The Kier molecular flexibility index (Phi) is 13.7. The molecule has 0 fully saturated rings. The van der Waals surface area contributed by atoms with E-state index >= 15 is 0 Å². The Labute approximate surface area is 324 Å². The number of nitrogens with zero attached hydrogens (tertiary/aromatic N) is 4. The molecular formula is C34H30F3N5O14P2. The zero-order valence-electron chi connectivity index (χ0n) is 29.9. The zero-order valence-corrected chi connectivity index (χ0v) is 31.7. The third-order valence-electron chi connectivity index (χ3n) is 7.66. The maximum Gasteiger partial charge on any atom is 0.484 e. The Balaban J connectivity index is 1.27. The number of aromatic amines is 1. The zero-order chi connectivity index (χ0) is 42.3. The average Bonchev–Trinajstić information content (AvgIpc) is 3.56. The van der Waals surface area contributed by atoms with Crippen molar-refractivity contribution in [1.29, 1.82) is 0 Å². The fourth-order valence-electron chi connectivity index (χ4n) is 4.86. The number of alkyl halides is 3.